The van der Waals surface area contributed by atoms with Crippen LogP contribution >= 0.6 is 0 Å². The maximum absolute atomic E-state index is 12.7. The molecule has 2 aromatic heterocycles. The van der Waals surface area contributed by atoms with Crippen molar-refractivity contribution in [2.45, 2.75) is 0 Å². The van der Waals surface area contributed by atoms with Gasteiger partial charge in [0, 0.05) is 18.6 Å². The number of fused-ring (bicyclic) bond motifs is 2. The molecule has 0 aliphatic heterocycles. The maximum Gasteiger partial charge on any atom is 0.265 e. The zero-order chi connectivity index (χ0) is 15.3. The van der Waals surface area contributed by atoms with Gasteiger partial charge in [-0.2, -0.15) is 5.10 Å². The van der Waals surface area contributed by atoms with E-state index in [1.54, 1.807) is 29.2 Å². The molecule has 2 radical (unpaired) electrons. The van der Waals surface area contributed by atoms with Crippen LogP contribution in [0, 0.1) is 0 Å². The molecular formula is C16H11BN4O. The predicted molar refractivity (Wildman–Crippen MR) is 87.0 cm³/mol. The molecule has 2 aromatic carbocycles. The van der Waals surface area contributed by atoms with E-state index >= 15 is 0 Å². The lowest BCUT2D eigenvalue weighted by Gasteiger charge is -2.07. The Morgan fingerprint density at radius 1 is 1.09 bits per heavy atom. The van der Waals surface area contributed by atoms with Crippen molar-refractivity contribution in [2.75, 3.05) is 0 Å². The van der Waals surface area contributed by atoms with Crippen LogP contribution in [0.1, 0.15) is 0 Å². The summed E-state index contributed by atoms with van der Waals surface area (Å²) in [4.78, 5) is 17.0. The first-order chi connectivity index (χ1) is 10.6. The smallest absolute Gasteiger partial charge is 0.265 e. The van der Waals surface area contributed by atoms with E-state index in [1.165, 1.54) is 4.57 Å². The molecule has 0 aliphatic carbocycles. The van der Waals surface area contributed by atoms with Gasteiger partial charge in [0.1, 0.15) is 14.2 Å². The molecule has 0 saturated carbocycles. The van der Waals surface area contributed by atoms with Gasteiger partial charge in [0.2, 0.25) is 0 Å². The predicted octanol–water partition coefficient (Wildman–Crippen LogP) is 1.07. The lowest BCUT2D eigenvalue weighted by atomic mass is 9.95. The maximum atomic E-state index is 12.7. The quantitative estimate of drug-likeness (QED) is 0.492. The summed E-state index contributed by atoms with van der Waals surface area (Å²) in [5, 5.41) is 5.81. The Labute approximate surface area is 127 Å². The number of benzene rings is 2. The molecule has 0 fully saturated rings. The third kappa shape index (κ3) is 1.92. The molecule has 4 rings (SSSR count). The molecule has 5 nitrogen and oxygen atoms in total. The summed E-state index contributed by atoms with van der Waals surface area (Å²) >= 11 is 0. The van der Waals surface area contributed by atoms with Crippen LogP contribution in [0.25, 0.3) is 27.5 Å². The second-order valence-corrected chi connectivity index (χ2v) is 5.24. The van der Waals surface area contributed by atoms with Gasteiger partial charge in [-0.25, -0.2) is 4.98 Å². The first-order valence-electron chi connectivity index (χ1n) is 6.82. The summed E-state index contributed by atoms with van der Waals surface area (Å²) in [6.45, 7) is 0. The summed E-state index contributed by atoms with van der Waals surface area (Å²) in [5.74, 6) is 0. The van der Waals surface area contributed by atoms with Gasteiger partial charge in [-0.1, -0.05) is 17.6 Å². The van der Waals surface area contributed by atoms with Crippen molar-refractivity contribution < 1.29 is 0 Å². The highest BCUT2D eigenvalue weighted by Crippen LogP contribution is 2.16. The Morgan fingerprint density at radius 3 is 2.77 bits per heavy atom. The molecule has 0 spiro atoms. The summed E-state index contributed by atoms with van der Waals surface area (Å²) in [6.07, 6.45) is 3.45. The lowest BCUT2D eigenvalue weighted by Crippen LogP contribution is -2.20. The van der Waals surface area contributed by atoms with Gasteiger partial charge in [-0.15, -0.1) is 0 Å². The Hall–Kier alpha value is -2.89. The SMILES string of the molecule is [B]c1ccc2ncn(-c3ccc4nn(C)cc4c3)c(=O)c2c1. The number of nitrogens with zero attached hydrogens (tertiary/aromatic N) is 4. The van der Waals surface area contributed by atoms with Gasteiger partial charge < -0.3 is 0 Å². The van der Waals surface area contributed by atoms with Crippen molar-refractivity contribution in [3.8, 4) is 5.69 Å². The zero-order valence-corrected chi connectivity index (χ0v) is 11.9. The Kier molecular flexibility index (Phi) is 2.66. The van der Waals surface area contributed by atoms with Crippen LogP contribution in [-0.4, -0.2) is 27.2 Å². The van der Waals surface area contributed by atoms with Crippen molar-refractivity contribution in [3.63, 3.8) is 0 Å². The number of aryl methyl sites for hydroxylation is 1. The molecular weight excluding hydrogens is 275 g/mol. The van der Waals surface area contributed by atoms with Crippen LogP contribution in [0.15, 0.2) is 53.7 Å². The number of aromatic nitrogens is 4. The van der Waals surface area contributed by atoms with Crippen LogP contribution < -0.4 is 11.0 Å². The van der Waals surface area contributed by atoms with E-state index < -0.39 is 0 Å². The van der Waals surface area contributed by atoms with Crippen molar-refractivity contribution in [1.29, 1.82) is 0 Å². The van der Waals surface area contributed by atoms with Crippen molar-refractivity contribution in [2.24, 2.45) is 7.05 Å². The topological polar surface area (TPSA) is 52.7 Å². The van der Waals surface area contributed by atoms with Gasteiger partial charge in [0.05, 0.1) is 22.1 Å². The largest absolute Gasteiger partial charge is 0.275 e. The third-order valence-electron chi connectivity index (χ3n) is 3.66. The summed E-state index contributed by atoms with van der Waals surface area (Å²) in [6, 6.07) is 10.8. The minimum absolute atomic E-state index is 0.138. The highest BCUT2D eigenvalue weighted by atomic mass is 16.1. The zero-order valence-electron chi connectivity index (χ0n) is 11.9. The molecule has 2 heterocycles. The van der Waals surface area contributed by atoms with E-state index in [2.05, 4.69) is 10.1 Å². The molecule has 22 heavy (non-hydrogen) atoms. The van der Waals surface area contributed by atoms with Crippen LogP contribution in [0.3, 0.4) is 0 Å². The monoisotopic (exact) mass is 286 g/mol. The summed E-state index contributed by atoms with van der Waals surface area (Å²) in [7, 11) is 7.64. The van der Waals surface area contributed by atoms with Crippen LogP contribution in [0.5, 0.6) is 0 Å². The number of hydrogen-bond donors (Lipinski definition) is 0. The normalized spacial score (nSPS) is 11.3. The molecule has 0 aliphatic rings. The fourth-order valence-electron chi connectivity index (χ4n) is 2.61. The van der Waals surface area contributed by atoms with Crippen molar-refractivity contribution in [3.05, 3.63) is 59.3 Å². The van der Waals surface area contributed by atoms with E-state index in [0.29, 0.717) is 16.4 Å². The first kappa shape index (κ1) is 12.8. The molecule has 0 unspecified atom stereocenters. The second kappa shape index (κ2) is 4.56. The summed E-state index contributed by atoms with van der Waals surface area (Å²) < 4.78 is 3.27. The fraction of sp³-hybridized carbons (Fsp3) is 0.0625. The Morgan fingerprint density at radius 2 is 1.91 bits per heavy atom. The molecule has 0 atom stereocenters. The standard InChI is InChI=1S/C16H11BN4O/c1-20-8-10-6-12(3-5-14(10)19-20)21-9-18-15-4-2-11(17)7-13(15)16(21)22/h2-9H,1H3. The van der Waals surface area contributed by atoms with Gasteiger partial charge in [0.25, 0.3) is 5.56 Å². The molecule has 6 heteroatoms. The van der Waals surface area contributed by atoms with E-state index in [9.17, 15) is 4.79 Å². The minimum atomic E-state index is -0.138. The van der Waals surface area contributed by atoms with Crippen molar-refractivity contribution in [1.82, 2.24) is 19.3 Å². The van der Waals surface area contributed by atoms with Crippen molar-refractivity contribution >= 4 is 35.1 Å². The highest BCUT2D eigenvalue weighted by Gasteiger charge is 2.07. The van der Waals surface area contributed by atoms with E-state index in [-0.39, 0.29) is 5.56 Å². The lowest BCUT2D eigenvalue weighted by molar-refractivity contribution is 0.780. The van der Waals surface area contributed by atoms with Gasteiger partial charge in [0.15, 0.2) is 0 Å². The second-order valence-electron chi connectivity index (χ2n) is 5.24. The molecule has 4 aromatic rings. The van der Waals surface area contributed by atoms with E-state index in [4.69, 9.17) is 7.85 Å². The van der Waals surface area contributed by atoms with Crippen LogP contribution in [0.4, 0.5) is 0 Å². The van der Waals surface area contributed by atoms with Gasteiger partial charge in [-0.3, -0.25) is 14.0 Å². The van der Waals surface area contributed by atoms with Gasteiger partial charge >= 0.3 is 0 Å². The summed E-state index contributed by atoms with van der Waals surface area (Å²) in [5.41, 5.74) is 2.69. The molecule has 0 N–H and O–H groups in total. The number of rotatable bonds is 1. The molecule has 104 valence electrons. The minimum Gasteiger partial charge on any atom is -0.275 e. The third-order valence-corrected chi connectivity index (χ3v) is 3.66. The Bertz CT molecular complexity index is 1080. The molecule has 0 saturated heterocycles. The number of hydrogen-bond acceptors (Lipinski definition) is 3. The fourth-order valence-corrected chi connectivity index (χ4v) is 2.61. The Balaban J connectivity index is 1.99. The highest BCUT2D eigenvalue weighted by molar-refractivity contribution is 6.33. The van der Waals surface area contributed by atoms with Crippen LogP contribution in [-0.2, 0) is 7.05 Å². The van der Waals surface area contributed by atoms with Gasteiger partial charge in [-0.05, 0) is 24.3 Å². The molecule has 0 bridgehead atoms. The van der Waals surface area contributed by atoms with E-state index in [0.717, 1.165) is 16.6 Å². The van der Waals surface area contributed by atoms with E-state index in [1.807, 2.05) is 31.4 Å². The average Bonchev–Trinajstić information content (AvgIpc) is 2.87. The van der Waals surface area contributed by atoms with Crippen LogP contribution in [0.2, 0.25) is 0 Å². The molecule has 0 amide bonds. The first-order valence-corrected chi connectivity index (χ1v) is 6.82. The average molecular weight is 286 g/mol.